The molecule has 210 valence electrons. The third-order valence-corrected chi connectivity index (χ3v) is 6.58. The van der Waals surface area contributed by atoms with E-state index in [-0.39, 0.29) is 18.4 Å². The van der Waals surface area contributed by atoms with Crippen LogP contribution in [0.1, 0.15) is 31.9 Å². The maximum Gasteiger partial charge on any atom is 0.249 e. The van der Waals surface area contributed by atoms with E-state index in [1.54, 1.807) is 56.7 Å². The van der Waals surface area contributed by atoms with Crippen molar-refractivity contribution in [2.75, 3.05) is 32.8 Å². The maximum absolute atomic E-state index is 14.2. The van der Waals surface area contributed by atoms with Gasteiger partial charge in [-0.05, 0) is 54.3 Å². The van der Waals surface area contributed by atoms with Crippen molar-refractivity contribution in [3.8, 4) is 17.2 Å². The standard InChI is InChI=1S/C30H35N5O5/c1-20(2)16-17-31-30(37)29(21-10-13-23(38-3)14-11-21)35(22-12-15-26(39-4)27(18-22)40-5)28(36)19-34-25-9-7-6-8-24(25)32-33-34/h6-15,18,20,29H,16-17,19H2,1-5H3,(H,31,37)/t29-/m1/s1. The number of methoxy groups -OCH3 is 3. The van der Waals surface area contributed by atoms with E-state index in [2.05, 4.69) is 29.5 Å². The normalized spacial score (nSPS) is 11.8. The number of carbonyl (C=O) groups excluding carboxylic acids is 2. The van der Waals surface area contributed by atoms with Crippen LogP contribution in [0, 0.1) is 5.92 Å². The minimum absolute atomic E-state index is 0.138. The fourth-order valence-electron chi connectivity index (χ4n) is 4.43. The highest BCUT2D eigenvalue weighted by molar-refractivity contribution is 6.01. The number of para-hydroxylation sites is 1. The summed E-state index contributed by atoms with van der Waals surface area (Å²) in [6.07, 6.45) is 0.802. The van der Waals surface area contributed by atoms with Crippen LogP contribution >= 0.6 is 0 Å². The number of amides is 2. The molecule has 0 unspecified atom stereocenters. The van der Waals surface area contributed by atoms with Gasteiger partial charge in [0.2, 0.25) is 11.8 Å². The molecule has 0 aliphatic rings. The Morgan fingerprint density at radius 1 is 0.925 bits per heavy atom. The molecule has 2 amide bonds. The van der Waals surface area contributed by atoms with Crippen LogP contribution < -0.4 is 24.4 Å². The lowest BCUT2D eigenvalue weighted by Crippen LogP contribution is -2.45. The Bertz CT molecular complexity index is 1450. The van der Waals surface area contributed by atoms with Crippen LogP contribution in [0.5, 0.6) is 17.2 Å². The molecule has 0 fully saturated rings. The Morgan fingerprint density at radius 3 is 2.33 bits per heavy atom. The quantitative estimate of drug-likeness (QED) is 0.281. The first kappa shape index (κ1) is 28.4. The van der Waals surface area contributed by atoms with Gasteiger partial charge in [0.15, 0.2) is 11.5 Å². The Balaban J connectivity index is 1.82. The third-order valence-electron chi connectivity index (χ3n) is 6.58. The van der Waals surface area contributed by atoms with Gasteiger partial charge < -0.3 is 19.5 Å². The Kier molecular flexibility index (Phi) is 9.21. The van der Waals surface area contributed by atoms with Gasteiger partial charge in [-0.25, -0.2) is 4.68 Å². The minimum atomic E-state index is -0.988. The summed E-state index contributed by atoms with van der Waals surface area (Å²) in [5, 5.41) is 11.4. The summed E-state index contributed by atoms with van der Waals surface area (Å²) in [6.45, 7) is 4.52. The van der Waals surface area contributed by atoms with Gasteiger partial charge in [-0.1, -0.05) is 43.3 Å². The monoisotopic (exact) mass is 545 g/mol. The second-order valence-corrected chi connectivity index (χ2v) is 9.69. The molecule has 1 atom stereocenters. The predicted octanol–water partition coefficient (Wildman–Crippen LogP) is 4.39. The molecule has 40 heavy (non-hydrogen) atoms. The summed E-state index contributed by atoms with van der Waals surface area (Å²) in [6, 6.07) is 18.7. The Hall–Kier alpha value is -4.60. The van der Waals surface area contributed by atoms with Crippen LogP contribution in [-0.4, -0.2) is 54.7 Å². The molecule has 1 heterocycles. The molecule has 0 radical (unpaired) electrons. The van der Waals surface area contributed by atoms with Crippen molar-refractivity contribution in [3.05, 3.63) is 72.3 Å². The van der Waals surface area contributed by atoms with E-state index in [1.165, 1.54) is 16.7 Å². The summed E-state index contributed by atoms with van der Waals surface area (Å²) in [5.41, 5.74) is 2.47. The lowest BCUT2D eigenvalue weighted by Gasteiger charge is -2.32. The molecule has 4 aromatic rings. The average Bonchev–Trinajstić information content (AvgIpc) is 3.37. The smallest absolute Gasteiger partial charge is 0.249 e. The van der Waals surface area contributed by atoms with Crippen LogP contribution in [0.4, 0.5) is 5.69 Å². The lowest BCUT2D eigenvalue weighted by atomic mass is 10.0. The van der Waals surface area contributed by atoms with Gasteiger partial charge in [-0.15, -0.1) is 5.10 Å². The number of fused-ring (bicyclic) bond motifs is 1. The second-order valence-electron chi connectivity index (χ2n) is 9.69. The highest BCUT2D eigenvalue weighted by Gasteiger charge is 2.34. The zero-order chi connectivity index (χ0) is 28.6. The number of nitrogens with zero attached hydrogens (tertiary/aromatic N) is 4. The summed E-state index contributed by atoms with van der Waals surface area (Å²) >= 11 is 0. The Morgan fingerprint density at radius 2 is 1.65 bits per heavy atom. The highest BCUT2D eigenvalue weighted by atomic mass is 16.5. The average molecular weight is 546 g/mol. The van der Waals surface area contributed by atoms with Crippen LogP contribution in [0.15, 0.2) is 66.7 Å². The van der Waals surface area contributed by atoms with E-state index >= 15 is 0 Å². The molecule has 0 saturated heterocycles. The Labute approximate surface area is 233 Å². The van der Waals surface area contributed by atoms with Crippen molar-refractivity contribution in [1.29, 1.82) is 0 Å². The minimum Gasteiger partial charge on any atom is -0.497 e. The van der Waals surface area contributed by atoms with E-state index in [9.17, 15) is 9.59 Å². The molecule has 0 bridgehead atoms. The van der Waals surface area contributed by atoms with Crippen molar-refractivity contribution in [2.24, 2.45) is 5.92 Å². The lowest BCUT2D eigenvalue weighted by molar-refractivity contribution is -0.127. The SMILES string of the molecule is COc1ccc([C@H](C(=O)NCCC(C)C)N(C(=O)Cn2nnc3ccccc32)c2ccc(OC)c(OC)c2)cc1. The summed E-state index contributed by atoms with van der Waals surface area (Å²) in [4.78, 5) is 29.5. The number of hydrogen-bond donors (Lipinski definition) is 1. The van der Waals surface area contributed by atoms with Gasteiger partial charge in [-0.2, -0.15) is 0 Å². The molecule has 10 nitrogen and oxygen atoms in total. The van der Waals surface area contributed by atoms with E-state index in [1.807, 2.05) is 24.3 Å². The largest absolute Gasteiger partial charge is 0.497 e. The van der Waals surface area contributed by atoms with E-state index in [4.69, 9.17) is 14.2 Å². The van der Waals surface area contributed by atoms with Crippen LogP contribution in [0.25, 0.3) is 11.0 Å². The van der Waals surface area contributed by atoms with Gasteiger partial charge in [0.1, 0.15) is 23.9 Å². The van der Waals surface area contributed by atoms with E-state index < -0.39 is 6.04 Å². The molecule has 3 aromatic carbocycles. The number of ether oxygens (including phenoxy) is 3. The molecule has 0 aliphatic carbocycles. The van der Waals surface area contributed by atoms with Gasteiger partial charge in [-0.3, -0.25) is 14.5 Å². The van der Waals surface area contributed by atoms with Crippen molar-refractivity contribution in [1.82, 2.24) is 20.3 Å². The first-order chi connectivity index (χ1) is 19.4. The fraction of sp³-hybridized carbons (Fsp3) is 0.333. The second kappa shape index (κ2) is 13.0. The molecular weight excluding hydrogens is 510 g/mol. The van der Waals surface area contributed by atoms with Crippen molar-refractivity contribution < 1.29 is 23.8 Å². The molecular formula is C30H35N5O5. The van der Waals surface area contributed by atoms with E-state index in [0.29, 0.717) is 52.0 Å². The zero-order valence-corrected chi connectivity index (χ0v) is 23.5. The molecule has 0 saturated carbocycles. The first-order valence-corrected chi connectivity index (χ1v) is 13.1. The van der Waals surface area contributed by atoms with Crippen LogP contribution in [0.3, 0.4) is 0 Å². The van der Waals surface area contributed by atoms with Gasteiger partial charge in [0.25, 0.3) is 0 Å². The molecule has 1 N–H and O–H groups in total. The van der Waals surface area contributed by atoms with Crippen LogP contribution in [-0.2, 0) is 16.1 Å². The van der Waals surface area contributed by atoms with E-state index in [0.717, 1.165) is 6.42 Å². The maximum atomic E-state index is 14.2. The predicted molar refractivity (Wildman–Crippen MR) is 153 cm³/mol. The van der Waals surface area contributed by atoms with Gasteiger partial charge in [0, 0.05) is 18.3 Å². The van der Waals surface area contributed by atoms with Gasteiger partial charge in [0.05, 0.1) is 26.8 Å². The van der Waals surface area contributed by atoms with Gasteiger partial charge >= 0.3 is 0 Å². The van der Waals surface area contributed by atoms with Crippen molar-refractivity contribution >= 4 is 28.5 Å². The number of benzene rings is 3. The number of nitrogens with one attached hydrogen (secondary N) is 1. The molecule has 0 spiro atoms. The molecule has 10 heteroatoms. The number of anilines is 1. The fourth-order valence-corrected chi connectivity index (χ4v) is 4.43. The molecule has 1 aromatic heterocycles. The summed E-state index contributed by atoms with van der Waals surface area (Å²) in [5.74, 6) is 1.31. The first-order valence-electron chi connectivity index (χ1n) is 13.1. The molecule has 0 aliphatic heterocycles. The molecule has 4 rings (SSSR count). The van der Waals surface area contributed by atoms with Crippen LogP contribution in [0.2, 0.25) is 0 Å². The number of rotatable bonds is 12. The third kappa shape index (κ3) is 6.33. The summed E-state index contributed by atoms with van der Waals surface area (Å²) < 4.78 is 17.8. The summed E-state index contributed by atoms with van der Waals surface area (Å²) in [7, 11) is 4.64. The number of aromatic nitrogens is 3. The highest BCUT2D eigenvalue weighted by Crippen LogP contribution is 2.36. The van der Waals surface area contributed by atoms with Crippen molar-refractivity contribution in [2.45, 2.75) is 32.9 Å². The van der Waals surface area contributed by atoms with Crippen molar-refractivity contribution in [3.63, 3.8) is 0 Å². The zero-order valence-electron chi connectivity index (χ0n) is 23.5. The number of carbonyl (C=O) groups is 2. The number of hydrogen-bond acceptors (Lipinski definition) is 7. The topological polar surface area (TPSA) is 108 Å².